The average Bonchev–Trinajstić information content (AvgIpc) is 2.85. The smallest absolute Gasteiger partial charge is 0.156 e. The van der Waals surface area contributed by atoms with E-state index in [1.54, 1.807) is 18.3 Å². The minimum atomic E-state index is 0.159. The van der Waals surface area contributed by atoms with Crippen LogP contribution in [-0.4, -0.2) is 16.3 Å². The lowest BCUT2D eigenvalue weighted by molar-refractivity contribution is 0.112. The maximum atomic E-state index is 11.1. The molecule has 3 aromatic rings. The number of anilines is 2. The quantitative estimate of drug-likeness (QED) is 0.582. The van der Waals surface area contributed by atoms with Crippen LogP contribution in [0.2, 0.25) is 5.15 Å². The Hall–Kier alpha value is -1.98. The number of aldehydes is 1. The third-order valence-electron chi connectivity index (χ3n) is 2.84. The third-order valence-corrected chi connectivity index (χ3v) is 4.03. The number of halogens is 1. The summed E-state index contributed by atoms with van der Waals surface area (Å²) in [5.41, 5.74) is 1.12. The molecule has 0 aliphatic heterocycles. The molecule has 0 aliphatic carbocycles. The second-order valence-corrected chi connectivity index (χ2v) is 5.55. The van der Waals surface area contributed by atoms with Crippen molar-refractivity contribution in [1.82, 2.24) is 9.97 Å². The van der Waals surface area contributed by atoms with Crippen molar-refractivity contribution in [3.05, 3.63) is 46.2 Å². The molecule has 0 atom stereocenters. The minimum Gasteiger partial charge on any atom is -0.339 e. The van der Waals surface area contributed by atoms with Crippen molar-refractivity contribution in [2.24, 2.45) is 0 Å². The van der Waals surface area contributed by atoms with Gasteiger partial charge in [0.25, 0.3) is 0 Å². The summed E-state index contributed by atoms with van der Waals surface area (Å²) in [6.45, 7) is 1.73. The van der Waals surface area contributed by atoms with E-state index in [9.17, 15) is 4.79 Å². The van der Waals surface area contributed by atoms with Gasteiger partial charge in [0.15, 0.2) is 6.29 Å². The van der Waals surface area contributed by atoms with Gasteiger partial charge < -0.3 is 5.32 Å². The summed E-state index contributed by atoms with van der Waals surface area (Å²) in [4.78, 5) is 19.3. The predicted molar refractivity (Wildman–Crippen MR) is 82.3 cm³/mol. The average molecular weight is 304 g/mol. The minimum absolute atomic E-state index is 0.159. The summed E-state index contributed by atoms with van der Waals surface area (Å²) in [6.07, 6.45) is 0.660. The summed E-state index contributed by atoms with van der Waals surface area (Å²) in [5, 5.41) is 6.47. The van der Waals surface area contributed by atoms with Crippen LogP contribution in [0.25, 0.3) is 10.1 Å². The van der Waals surface area contributed by atoms with Crippen LogP contribution in [0.1, 0.15) is 16.2 Å². The number of thiophene rings is 1. The van der Waals surface area contributed by atoms with E-state index in [1.165, 1.54) is 4.70 Å². The zero-order chi connectivity index (χ0) is 14.1. The molecule has 20 heavy (non-hydrogen) atoms. The Bertz CT molecular complexity index is 800. The van der Waals surface area contributed by atoms with Gasteiger partial charge in [-0.2, -0.15) is 0 Å². The molecule has 0 amide bonds. The number of nitrogens with one attached hydrogen (secondary N) is 1. The van der Waals surface area contributed by atoms with Crippen molar-refractivity contribution in [3.63, 3.8) is 0 Å². The SMILES string of the molecule is Cc1nc(Cl)c(C=O)c(Nc2ccc3sccc3c2)n1. The highest BCUT2D eigenvalue weighted by molar-refractivity contribution is 7.17. The monoisotopic (exact) mass is 303 g/mol. The van der Waals surface area contributed by atoms with E-state index in [2.05, 4.69) is 15.3 Å². The number of aromatic nitrogens is 2. The number of rotatable bonds is 3. The largest absolute Gasteiger partial charge is 0.339 e. The van der Waals surface area contributed by atoms with Crippen LogP contribution in [-0.2, 0) is 0 Å². The lowest BCUT2D eigenvalue weighted by atomic mass is 10.2. The molecule has 1 aromatic carbocycles. The Labute approximate surface area is 124 Å². The zero-order valence-corrected chi connectivity index (χ0v) is 12.1. The first kappa shape index (κ1) is 13.0. The van der Waals surface area contributed by atoms with Gasteiger partial charge in [0.05, 0.1) is 5.56 Å². The highest BCUT2D eigenvalue weighted by Crippen LogP contribution is 2.27. The Morgan fingerprint density at radius 2 is 2.15 bits per heavy atom. The van der Waals surface area contributed by atoms with Crippen molar-refractivity contribution in [2.75, 3.05) is 5.32 Å². The van der Waals surface area contributed by atoms with Gasteiger partial charge in [0.1, 0.15) is 16.8 Å². The summed E-state index contributed by atoms with van der Waals surface area (Å²) >= 11 is 7.64. The lowest BCUT2D eigenvalue weighted by Gasteiger charge is -2.09. The van der Waals surface area contributed by atoms with Crippen molar-refractivity contribution in [2.45, 2.75) is 6.92 Å². The standard InChI is InChI=1S/C14H10ClN3OS/c1-8-16-13(15)11(7-19)14(17-8)18-10-2-3-12-9(6-10)4-5-20-12/h2-7H,1H3,(H,16,17,18). The second-order valence-electron chi connectivity index (χ2n) is 4.24. The number of benzene rings is 1. The highest BCUT2D eigenvalue weighted by Gasteiger charge is 2.11. The van der Waals surface area contributed by atoms with E-state index in [0.29, 0.717) is 17.9 Å². The van der Waals surface area contributed by atoms with Gasteiger partial charge in [-0.3, -0.25) is 4.79 Å². The molecule has 0 fully saturated rings. The van der Waals surface area contributed by atoms with Crippen LogP contribution in [0.3, 0.4) is 0 Å². The van der Waals surface area contributed by atoms with Gasteiger partial charge in [-0.05, 0) is 42.0 Å². The third kappa shape index (κ3) is 2.37. The van der Waals surface area contributed by atoms with Gasteiger partial charge in [-0.15, -0.1) is 11.3 Å². The van der Waals surface area contributed by atoms with Crippen LogP contribution in [0.5, 0.6) is 0 Å². The van der Waals surface area contributed by atoms with Gasteiger partial charge in [0.2, 0.25) is 0 Å². The van der Waals surface area contributed by atoms with Crippen molar-refractivity contribution in [3.8, 4) is 0 Å². The molecule has 0 saturated heterocycles. The molecule has 0 radical (unpaired) electrons. The highest BCUT2D eigenvalue weighted by atomic mass is 35.5. The topological polar surface area (TPSA) is 54.9 Å². The summed E-state index contributed by atoms with van der Waals surface area (Å²) in [5.74, 6) is 0.937. The molecule has 3 rings (SSSR count). The second kappa shape index (κ2) is 5.19. The Balaban J connectivity index is 2.03. The van der Waals surface area contributed by atoms with Crippen LogP contribution in [0.4, 0.5) is 11.5 Å². The first-order valence-electron chi connectivity index (χ1n) is 5.91. The van der Waals surface area contributed by atoms with Gasteiger partial charge in [-0.25, -0.2) is 9.97 Å². The van der Waals surface area contributed by atoms with Crippen LogP contribution >= 0.6 is 22.9 Å². The fourth-order valence-corrected chi connectivity index (χ4v) is 2.96. The molecule has 4 nitrogen and oxygen atoms in total. The number of nitrogens with zero attached hydrogens (tertiary/aromatic N) is 2. The van der Waals surface area contributed by atoms with E-state index in [4.69, 9.17) is 11.6 Å². The number of carbonyl (C=O) groups excluding carboxylic acids is 1. The molecule has 0 saturated carbocycles. The Morgan fingerprint density at radius 1 is 1.30 bits per heavy atom. The van der Waals surface area contributed by atoms with Crippen LogP contribution in [0, 0.1) is 6.92 Å². The molecule has 0 aliphatic rings. The first-order chi connectivity index (χ1) is 9.67. The van der Waals surface area contributed by atoms with Gasteiger partial charge in [0, 0.05) is 10.4 Å². The summed E-state index contributed by atoms with van der Waals surface area (Å²) < 4.78 is 1.21. The molecule has 6 heteroatoms. The lowest BCUT2D eigenvalue weighted by Crippen LogP contribution is -2.03. The van der Waals surface area contributed by atoms with E-state index < -0.39 is 0 Å². The number of fused-ring (bicyclic) bond motifs is 1. The molecule has 100 valence electrons. The van der Waals surface area contributed by atoms with Gasteiger partial charge in [-0.1, -0.05) is 11.6 Å². The number of aryl methyl sites for hydroxylation is 1. The predicted octanol–water partition coefficient (Wildman–Crippen LogP) is 4.21. The fraction of sp³-hybridized carbons (Fsp3) is 0.0714. The zero-order valence-electron chi connectivity index (χ0n) is 10.6. The maximum absolute atomic E-state index is 11.1. The number of hydrogen-bond acceptors (Lipinski definition) is 5. The van der Waals surface area contributed by atoms with E-state index in [0.717, 1.165) is 11.1 Å². The maximum Gasteiger partial charge on any atom is 0.156 e. The van der Waals surface area contributed by atoms with E-state index >= 15 is 0 Å². The van der Waals surface area contributed by atoms with Crippen LogP contribution < -0.4 is 5.32 Å². The van der Waals surface area contributed by atoms with E-state index in [1.807, 2.05) is 29.6 Å². The van der Waals surface area contributed by atoms with Gasteiger partial charge >= 0.3 is 0 Å². The fourth-order valence-electron chi connectivity index (χ4n) is 1.93. The molecular formula is C14H10ClN3OS. The number of carbonyl (C=O) groups is 1. The normalized spacial score (nSPS) is 10.7. The molecule has 0 bridgehead atoms. The molecule has 1 N–H and O–H groups in total. The van der Waals surface area contributed by atoms with Crippen molar-refractivity contribution in [1.29, 1.82) is 0 Å². The first-order valence-corrected chi connectivity index (χ1v) is 7.17. The molecular weight excluding hydrogens is 294 g/mol. The number of hydrogen-bond donors (Lipinski definition) is 1. The van der Waals surface area contributed by atoms with Crippen molar-refractivity contribution >= 4 is 50.8 Å². The molecule has 0 spiro atoms. The summed E-state index contributed by atoms with van der Waals surface area (Å²) in [6, 6.07) is 8.02. The van der Waals surface area contributed by atoms with Crippen LogP contribution in [0.15, 0.2) is 29.6 Å². The molecule has 2 aromatic heterocycles. The Morgan fingerprint density at radius 3 is 2.95 bits per heavy atom. The summed E-state index contributed by atoms with van der Waals surface area (Å²) in [7, 11) is 0. The van der Waals surface area contributed by atoms with Crippen molar-refractivity contribution < 1.29 is 4.79 Å². The molecule has 2 heterocycles. The molecule has 0 unspecified atom stereocenters. The van der Waals surface area contributed by atoms with E-state index in [-0.39, 0.29) is 10.7 Å². The Kier molecular flexibility index (Phi) is 3.38.